The number of carbonyl (C=O) groups is 1. The maximum absolute atomic E-state index is 11.7. The quantitative estimate of drug-likeness (QED) is 0.612. The molecule has 0 saturated carbocycles. The number of morpholine rings is 1. The van der Waals surface area contributed by atoms with Crippen molar-refractivity contribution in [2.45, 2.75) is 0 Å². The summed E-state index contributed by atoms with van der Waals surface area (Å²) in [5.74, 6) is -0.269. The smallest absolute Gasteiger partial charge is 0.336 e. The SMILES string of the molecule is O=C(O)/C(=C\c1ccccc1OCCN1CCOCC1)c1ccccc1. The van der Waals surface area contributed by atoms with Crippen LogP contribution in [0.15, 0.2) is 54.6 Å². The second-order valence-electron chi connectivity index (χ2n) is 6.07. The Hall–Kier alpha value is -2.63. The lowest BCUT2D eigenvalue weighted by Gasteiger charge is -2.26. The lowest BCUT2D eigenvalue weighted by Crippen LogP contribution is -2.38. The Labute approximate surface area is 153 Å². The van der Waals surface area contributed by atoms with E-state index in [2.05, 4.69) is 4.90 Å². The van der Waals surface area contributed by atoms with Crippen molar-refractivity contribution in [3.8, 4) is 5.75 Å². The molecule has 2 aromatic rings. The number of aliphatic carboxylic acids is 1. The lowest BCUT2D eigenvalue weighted by atomic mass is 10.0. The van der Waals surface area contributed by atoms with Crippen molar-refractivity contribution >= 4 is 17.6 Å². The third-order valence-corrected chi connectivity index (χ3v) is 4.30. The van der Waals surface area contributed by atoms with Gasteiger partial charge in [-0.2, -0.15) is 0 Å². The summed E-state index contributed by atoms with van der Waals surface area (Å²) in [4.78, 5) is 14.0. The molecule has 0 amide bonds. The first kappa shape index (κ1) is 18.2. The molecule has 0 atom stereocenters. The zero-order chi connectivity index (χ0) is 18.2. The van der Waals surface area contributed by atoms with Crippen LogP contribution in [0.1, 0.15) is 11.1 Å². The zero-order valence-electron chi connectivity index (χ0n) is 14.6. The van der Waals surface area contributed by atoms with E-state index in [4.69, 9.17) is 9.47 Å². The fourth-order valence-electron chi connectivity index (χ4n) is 2.88. The molecule has 3 rings (SSSR count). The monoisotopic (exact) mass is 353 g/mol. The number of para-hydroxylation sites is 1. The van der Waals surface area contributed by atoms with Crippen LogP contribution in [0.2, 0.25) is 0 Å². The van der Waals surface area contributed by atoms with Gasteiger partial charge in [0.05, 0.1) is 18.8 Å². The summed E-state index contributed by atoms with van der Waals surface area (Å²) in [5, 5.41) is 9.60. The van der Waals surface area contributed by atoms with E-state index >= 15 is 0 Å². The maximum atomic E-state index is 11.7. The molecule has 0 aromatic heterocycles. The van der Waals surface area contributed by atoms with E-state index in [-0.39, 0.29) is 5.57 Å². The summed E-state index contributed by atoms with van der Waals surface area (Å²) < 4.78 is 11.3. The summed E-state index contributed by atoms with van der Waals surface area (Å²) in [5.41, 5.74) is 1.67. The molecule has 26 heavy (non-hydrogen) atoms. The molecule has 1 N–H and O–H groups in total. The number of hydrogen-bond acceptors (Lipinski definition) is 4. The maximum Gasteiger partial charge on any atom is 0.336 e. The number of carboxylic acids is 1. The van der Waals surface area contributed by atoms with Gasteiger partial charge in [0.1, 0.15) is 12.4 Å². The second kappa shape index (κ2) is 9.17. The number of nitrogens with zero attached hydrogens (tertiary/aromatic N) is 1. The summed E-state index contributed by atoms with van der Waals surface area (Å²) in [7, 11) is 0. The molecule has 5 heteroatoms. The molecule has 0 radical (unpaired) electrons. The molecule has 0 unspecified atom stereocenters. The Bertz CT molecular complexity index is 752. The van der Waals surface area contributed by atoms with Crippen molar-refractivity contribution in [1.29, 1.82) is 0 Å². The highest BCUT2D eigenvalue weighted by molar-refractivity contribution is 6.20. The van der Waals surface area contributed by atoms with E-state index < -0.39 is 5.97 Å². The Balaban J connectivity index is 1.74. The van der Waals surface area contributed by atoms with Crippen molar-refractivity contribution in [2.24, 2.45) is 0 Å². The summed E-state index contributed by atoms with van der Waals surface area (Å²) in [6.45, 7) is 4.74. The second-order valence-corrected chi connectivity index (χ2v) is 6.07. The predicted molar refractivity (Wildman–Crippen MR) is 101 cm³/mol. The van der Waals surface area contributed by atoms with Gasteiger partial charge in [0.25, 0.3) is 0 Å². The molecule has 0 bridgehead atoms. The minimum absolute atomic E-state index is 0.245. The molecule has 1 aliphatic heterocycles. The van der Waals surface area contributed by atoms with Gasteiger partial charge in [0.2, 0.25) is 0 Å². The van der Waals surface area contributed by atoms with Crippen molar-refractivity contribution in [3.05, 3.63) is 65.7 Å². The van der Waals surface area contributed by atoms with Crippen LogP contribution in [-0.4, -0.2) is 55.4 Å². The van der Waals surface area contributed by atoms with Gasteiger partial charge in [-0.15, -0.1) is 0 Å². The van der Waals surface area contributed by atoms with Gasteiger partial charge in [-0.05, 0) is 17.7 Å². The van der Waals surface area contributed by atoms with Crippen LogP contribution in [-0.2, 0) is 9.53 Å². The molecule has 2 aromatic carbocycles. The molecule has 1 saturated heterocycles. The molecule has 1 heterocycles. The van der Waals surface area contributed by atoms with E-state index in [0.29, 0.717) is 17.9 Å². The van der Waals surface area contributed by atoms with Gasteiger partial charge >= 0.3 is 5.97 Å². The molecule has 5 nitrogen and oxygen atoms in total. The average molecular weight is 353 g/mol. The van der Waals surface area contributed by atoms with Crippen LogP contribution in [0.25, 0.3) is 11.6 Å². The van der Waals surface area contributed by atoms with Crippen LogP contribution >= 0.6 is 0 Å². The minimum Gasteiger partial charge on any atom is -0.492 e. The molecule has 136 valence electrons. The summed E-state index contributed by atoms with van der Waals surface area (Å²) >= 11 is 0. The van der Waals surface area contributed by atoms with Gasteiger partial charge in [0.15, 0.2) is 0 Å². The highest BCUT2D eigenvalue weighted by Gasteiger charge is 2.13. The molecular weight excluding hydrogens is 330 g/mol. The van der Waals surface area contributed by atoms with Crippen LogP contribution in [0, 0.1) is 0 Å². The summed E-state index contributed by atoms with van der Waals surface area (Å²) in [6, 6.07) is 16.6. The van der Waals surface area contributed by atoms with Crippen molar-refractivity contribution in [2.75, 3.05) is 39.5 Å². The molecule has 0 spiro atoms. The Kier molecular flexibility index (Phi) is 6.41. The van der Waals surface area contributed by atoms with Gasteiger partial charge in [0, 0.05) is 25.2 Å². The van der Waals surface area contributed by atoms with Crippen molar-refractivity contribution < 1.29 is 19.4 Å². The fourth-order valence-corrected chi connectivity index (χ4v) is 2.88. The first-order valence-corrected chi connectivity index (χ1v) is 8.76. The number of hydrogen-bond donors (Lipinski definition) is 1. The Morgan fingerprint density at radius 3 is 2.50 bits per heavy atom. The Morgan fingerprint density at radius 2 is 1.77 bits per heavy atom. The Morgan fingerprint density at radius 1 is 1.08 bits per heavy atom. The minimum atomic E-state index is -0.959. The van der Waals surface area contributed by atoms with E-state index in [0.717, 1.165) is 38.4 Å². The predicted octanol–water partition coefficient (Wildman–Crippen LogP) is 3.02. The van der Waals surface area contributed by atoms with Crippen LogP contribution in [0.5, 0.6) is 5.75 Å². The standard InChI is InChI=1S/C21H23NO4/c23-21(24)19(17-6-2-1-3-7-17)16-18-8-4-5-9-20(18)26-15-12-22-10-13-25-14-11-22/h1-9,16H,10-15H2,(H,23,24)/b19-16-. The highest BCUT2D eigenvalue weighted by Crippen LogP contribution is 2.25. The molecule has 0 aliphatic carbocycles. The van der Waals surface area contributed by atoms with Crippen LogP contribution in [0.4, 0.5) is 0 Å². The largest absolute Gasteiger partial charge is 0.492 e. The number of ether oxygens (including phenoxy) is 2. The van der Waals surface area contributed by atoms with Crippen LogP contribution in [0.3, 0.4) is 0 Å². The normalized spacial score (nSPS) is 15.6. The summed E-state index contributed by atoms with van der Waals surface area (Å²) in [6.07, 6.45) is 1.67. The zero-order valence-corrected chi connectivity index (χ0v) is 14.6. The topological polar surface area (TPSA) is 59.0 Å². The first-order valence-electron chi connectivity index (χ1n) is 8.76. The van der Waals surface area contributed by atoms with Crippen molar-refractivity contribution in [3.63, 3.8) is 0 Å². The van der Waals surface area contributed by atoms with Crippen molar-refractivity contribution in [1.82, 2.24) is 4.90 Å². The van der Waals surface area contributed by atoms with Gasteiger partial charge in [-0.1, -0.05) is 48.5 Å². The molecule has 1 fully saturated rings. The highest BCUT2D eigenvalue weighted by atomic mass is 16.5. The van der Waals surface area contributed by atoms with E-state index in [1.54, 1.807) is 18.2 Å². The van der Waals surface area contributed by atoms with Gasteiger partial charge in [-0.25, -0.2) is 4.79 Å². The number of rotatable bonds is 7. The van der Waals surface area contributed by atoms with E-state index in [1.807, 2.05) is 42.5 Å². The van der Waals surface area contributed by atoms with Gasteiger partial charge in [-0.3, -0.25) is 4.90 Å². The molecule has 1 aliphatic rings. The third-order valence-electron chi connectivity index (χ3n) is 4.30. The lowest BCUT2D eigenvalue weighted by molar-refractivity contribution is -0.130. The average Bonchev–Trinajstić information content (AvgIpc) is 2.68. The number of benzene rings is 2. The fraction of sp³-hybridized carbons (Fsp3) is 0.286. The number of carboxylic acid groups (broad SMARTS) is 1. The van der Waals surface area contributed by atoms with E-state index in [9.17, 15) is 9.90 Å². The van der Waals surface area contributed by atoms with Crippen LogP contribution < -0.4 is 4.74 Å². The molecular formula is C21H23NO4. The first-order chi connectivity index (χ1) is 12.7. The van der Waals surface area contributed by atoms with Gasteiger partial charge < -0.3 is 14.6 Å². The third kappa shape index (κ3) is 4.94. The van der Waals surface area contributed by atoms with E-state index in [1.165, 1.54) is 0 Å².